The Morgan fingerprint density at radius 2 is 1.75 bits per heavy atom. The molecule has 2 aromatic heterocycles. The summed E-state index contributed by atoms with van der Waals surface area (Å²) in [6.45, 7) is 7.05. The number of hydrogen-bond acceptors (Lipinski definition) is 2. The van der Waals surface area contributed by atoms with Gasteiger partial charge in [-0.2, -0.15) is 0 Å². The number of benzene rings is 2. The molecule has 2 heterocycles. The number of fused-ring (bicyclic) bond motifs is 3. The SMILES string of the molecule is C[Si](C)(C)c1cc[c-]c(-c2ccc3c(n2)oc2ccccc23)c1.[Ir]. The molecule has 0 saturated heterocycles. The van der Waals surface area contributed by atoms with E-state index in [1.165, 1.54) is 5.19 Å². The van der Waals surface area contributed by atoms with Gasteiger partial charge in [0.15, 0.2) is 0 Å². The molecule has 4 rings (SSSR count). The summed E-state index contributed by atoms with van der Waals surface area (Å²) in [6.07, 6.45) is 0. The Kier molecular flexibility index (Phi) is 4.47. The molecule has 4 aromatic rings. The predicted molar refractivity (Wildman–Crippen MR) is 98.8 cm³/mol. The summed E-state index contributed by atoms with van der Waals surface area (Å²) in [7, 11) is -1.35. The second-order valence-corrected chi connectivity index (χ2v) is 12.0. The van der Waals surface area contributed by atoms with Crippen LogP contribution in [0, 0.1) is 6.07 Å². The zero-order chi connectivity index (χ0) is 16.0. The zero-order valence-corrected chi connectivity index (χ0v) is 17.3. The van der Waals surface area contributed by atoms with Gasteiger partial charge in [-0.25, -0.2) is 0 Å². The van der Waals surface area contributed by atoms with Crippen molar-refractivity contribution in [2.24, 2.45) is 0 Å². The first-order chi connectivity index (χ1) is 11.0. The van der Waals surface area contributed by atoms with Crippen LogP contribution in [0.3, 0.4) is 0 Å². The molecule has 0 N–H and O–H groups in total. The minimum atomic E-state index is -1.35. The van der Waals surface area contributed by atoms with Crippen molar-refractivity contribution >= 4 is 35.3 Å². The molecule has 0 atom stereocenters. The van der Waals surface area contributed by atoms with Crippen LogP contribution in [0.5, 0.6) is 0 Å². The monoisotopic (exact) mass is 509 g/mol. The first-order valence-electron chi connectivity index (χ1n) is 7.83. The van der Waals surface area contributed by atoms with E-state index in [4.69, 9.17) is 9.40 Å². The third-order valence-corrected chi connectivity index (χ3v) is 6.23. The van der Waals surface area contributed by atoms with E-state index < -0.39 is 8.07 Å². The molecule has 0 aliphatic carbocycles. The summed E-state index contributed by atoms with van der Waals surface area (Å²) in [5.74, 6) is 0. The van der Waals surface area contributed by atoms with Crippen LogP contribution < -0.4 is 5.19 Å². The maximum absolute atomic E-state index is 5.90. The van der Waals surface area contributed by atoms with E-state index in [1.807, 2.05) is 24.3 Å². The van der Waals surface area contributed by atoms with Gasteiger partial charge in [-0.05, 0) is 11.8 Å². The second kappa shape index (κ2) is 6.28. The van der Waals surface area contributed by atoms with Gasteiger partial charge in [-0.3, -0.25) is 4.98 Å². The minimum Gasteiger partial charge on any atom is -0.439 e. The fourth-order valence-corrected chi connectivity index (χ4v) is 4.00. The topological polar surface area (TPSA) is 26.0 Å². The fourth-order valence-electron chi connectivity index (χ4n) is 2.84. The molecule has 2 aromatic carbocycles. The molecule has 0 spiro atoms. The molecule has 0 saturated carbocycles. The number of nitrogens with zero attached hydrogens (tertiary/aromatic N) is 1. The molecule has 0 aliphatic rings. The van der Waals surface area contributed by atoms with Crippen molar-refractivity contribution in [2.75, 3.05) is 0 Å². The van der Waals surface area contributed by atoms with E-state index in [1.54, 1.807) is 0 Å². The zero-order valence-electron chi connectivity index (χ0n) is 13.9. The van der Waals surface area contributed by atoms with Gasteiger partial charge in [-0.15, -0.1) is 35.0 Å². The quantitative estimate of drug-likeness (QED) is 0.282. The molecule has 0 fully saturated rings. The van der Waals surface area contributed by atoms with Crippen LogP contribution in [0.15, 0.2) is 59.0 Å². The molecule has 0 aliphatic heterocycles. The Labute approximate surface area is 156 Å². The normalized spacial score (nSPS) is 11.6. The molecule has 0 bridgehead atoms. The molecule has 2 nitrogen and oxygen atoms in total. The number of rotatable bonds is 2. The van der Waals surface area contributed by atoms with Crippen molar-refractivity contribution < 1.29 is 24.5 Å². The van der Waals surface area contributed by atoms with Crippen LogP contribution >= 0.6 is 0 Å². The number of aromatic nitrogens is 1. The minimum absolute atomic E-state index is 0. The van der Waals surface area contributed by atoms with Gasteiger partial charge in [0.25, 0.3) is 0 Å². The van der Waals surface area contributed by atoms with Crippen molar-refractivity contribution in [3.8, 4) is 11.3 Å². The van der Waals surface area contributed by atoms with Gasteiger partial charge in [0.05, 0.1) is 8.07 Å². The van der Waals surface area contributed by atoms with Crippen LogP contribution in [0.25, 0.3) is 33.3 Å². The largest absolute Gasteiger partial charge is 0.439 e. The number of para-hydroxylation sites is 1. The second-order valence-electron chi connectivity index (χ2n) is 6.89. The number of hydrogen-bond donors (Lipinski definition) is 0. The summed E-state index contributed by atoms with van der Waals surface area (Å²) in [5, 5.41) is 3.59. The summed E-state index contributed by atoms with van der Waals surface area (Å²) < 4.78 is 5.90. The summed E-state index contributed by atoms with van der Waals surface area (Å²) in [6, 6.07) is 21.9. The van der Waals surface area contributed by atoms with Crippen molar-refractivity contribution in [3.05, 3.63) is 60.7 Å². The average Bonchev–Trinajstić information content (AvgIpc) is 2.92. The maximum Gasteiger partial charge on any atom is 0.218 e. The van der Waals surface area contributed by atoms with Crippen LogP contribution in [-0.2, 0) is 20.1 Å². The Morgan fingerprint density at radius 1 is 0.958 bits per heavy atom. The predicted octanol–water partition coefficient (Wildman–Crippen LogP) is 4.99. The number of furan rings is 1. The molecule has 0 unspecified atom stereocenters. The van der Waals surface area contributed by atoms with Crippen molar-refractivity contribution in [1.29, 1.82) is 0 Å². The van der Waals surface area contributed by atoms with E-state index in [2.05, 4.69) is 56.0 Å². The molecular weight excluding hydrogens is 491 g/mol. The maximum atomic E-state index is 5.90. The molecular formula is C20H18IrNOSi-. The van der Waals surface area contributed by atoms with E-state index in [9.17, 15) is 0 Å². The third kappa shape index (κ3) is 2.97. The van der Waals surface area contributed by atoms with Gasteiger partial charge in [0.1, 0.15) is 5.58 Å². The van der Waals surface area contributed by atoms with Gasteiger partial charge < -0.3 is 4.42 Å². The van der Waals surface area contributed by atoms with Crippen LogP contribution in [0.4, 0.5) is 0 Å². The molecule has 24 heavy (non-hydrogen) atoms. The van der Waals surface area contributed by atoms with E-state index in [-0.39, 0.29) is 20.1 Å². The van der Waals surface area contributed by atoms with E-state index in [0.717, 1.165) is 27.6 Å². The standard InChI is InChI=1S/C20H18NOSi.Ir/c1-23(2,3)15-8-6-7-14(13-15)18-12-11-17-16-9-4-5-10-19(16)22-20(17)21-18;/h4-6,8-13H,1-3H3;/q-1;. The number of pyridine rings is 1. The van der Waals surface area contributed by atoms with Crippen molar-refractivity contribution in [3.63, 3.8) is 0 Å². The van der Waals surface area contributed by atoms with Crippen LogP contribution in [-0.4, -0.2) is 13.1 Å². The average molecular weight is 509 g/mol. The smallest absolute Gasteiger partial charge is 0.218 e. The first kappa shape index (κ1) is 17.1. The summed E-state index contributed by atoms with van der Waals surface area (Å²) in [5.41, 5.74) is 3.52. The van der Waals surface area contributed by atoms with Gasteiger partial charge in [0.2, 0.25) is 5.71 Å². The third-order valence-electron chi connectivity index (χ3n) is 4.19. The fraction of sp³-hybridized carbons (Fsp3) is 0.150. The summed E-state index contributed by atoms with van der Waals surface area (Å²) in [4.78, 5) is 4.72. The van der Waals surface area contributed by atoms with Gasteiger partial charge in [-0.1, -0.05) is 50.0 Å². The Balaban J connectivity index is 0.00000169. The van der Waals surface area contributed by atoms with E-state index >= 15 is 0 Å². The first-order valence-corrected chi connectivity index (χ1v) is 11.3. The Hall–Kier alpha value is -1.74. The van der Waals surface area contributed by atoms with Gasteiger partial charge in [0, 0.05) is 30.9 Å². The van der Waals surface area contributed by atoms with Crippen LogP contribution in [0.2, 0.25) is 19.6 Å². The molecule has 1 radical (unpaired) electrons. The van der Waals surface area contributed by atoms with Crippen LogP contribution in [0.1, 0.15) is 0 Å². The van der Waals surface area contributed by atoms with Crippen molar-refractivity contribution in [1.82, 2.24) is 4.98 Å². The summed E-state index contributed by atoms with van der Waals surface area (Å²) >= 11 is 0. The van der Waals surface area contributed by atoms with E-state index in [0.29, 0.717) is 5.71 Å². The molecule has 4 heteroatoms. The van der Waals surface area contributed by atoms with Gasteiger partial charge >= 0.3 is 0 Å². The molecule has 0 amide bonds. The Morgan fingerprint density at radius 3 is 2.54 bits per heavy atom. The Bertz CT molecular complexity index is 1020. The molecule has 123 valence electrons. The van der Waals surface area contributed by atoms with Crippen molar-refractivity contribution in [2.45, 2.75) is 19.6 Å².